The molecule has 1 amide bonds. The van der Waals surface area contributed by atoms with Crippen LogP contribution in [0.5, 0.6) is 0 Å². The van der Waals surface area contributed by atoms with Crippen molar-refractivity contribution in [3.05, 3.63) is 33.8 Å². The number of amides is 1. The minimum atomic E-state index is -0.297. The van der Waals surface area contributed by atoms with Crippen molar-refractivity contribution in [3.8, 4) is 0 Å². The van der Waals surface area contributed by atoms with E-state index in [1.807, 2.05) is 0 Å². The van der Waals surface area contributed by atoms with E-state index in [0.29, 0.717) is 41.5 Å². The highest BCUT2D eigenvalue weighted by Crippen LogP contribution is 2.27. The smallest absolute Gasteiger partial charge is 0.255 e. The average molecular weight is 274 g/mol. The van der Waals surface area contributed by atoms with Crippen molar-refractivity contribution in [1.82, 2.24) is 4.90 Å². The van der Waals surface area contributed by atoms with Gasteiger partial charge in [-0.15, -0.1) is 0 Å². The summed E-state index contributed by atoms with van der Waals surface area (Å²) in [6.07, 6.45) is 0.933. The topological polar surface area (TPSA) is 40.5 Å². The first-order chi connectivity index (χ1) is 8.09. The number of nitrogens with zero attached hydrogens (tertiary/aromatic N) is 1. The zero-order valence-corrected chi connectivity index (χ0v) is 10.7. The van der Waals surface area contributed by atoms with Crippen molar-refractivity contribution in [1.29, 1.82) is 0 Å². The fourth-order valence-corrected chi connectivity index (χ4v) is 2.29. The van der Waals surface area contributed by atoms with E-state index >= 15 is 0 Å². The van der Waals surface area contributed by atoms with Gasteiger partial charge >= 0.3 is 0 Å². The molecule has 0 aromatic heterocycles. The van der Waals surface area contributed by atoms with Crippen LogP contribution in [0.25, 0.3) is 0 Å². The number of hydrogen-bond acceptors (Lipinski definition) is 2. The molecule has 1 aliphatic rings. The second-order valence-electron chi connectivity index (χ2n) is 4.12. The fourth-order valence-electron chi connectivity index (χ4n) is 1.91. The van der Waals surface area contributed by atoms with Crippen molar-refractivity contribution in [2.75, 3.05) is 13.1 Å². The van der Waals surface area contributed by atoms with Gasteiger partial charge in [0.25, 0.3) is 5.91 Å². The zero-order chi connectivity index (χ0) is 12.4. The van der Waals surface area contributed by atoms with Gasteiger partial charge in [-0.3, -0.25) is 4.79 Å². The third-order valence-corrected chi connectivity index (χ3v) is 3.75. The summed E-state index contributed by atoms with van der Waals surface area (Å²) in [6, 6.07) is 5.03. The molecule has 1 aromatic rings. The number of likely N-dealkylation sites (tertiary alicyclic amines) is 1. The van der Waals surface area contributed by atoms with Crippen LogP contribution in [0.4, 0.5) is 0 Å². The van der Waals surface area contributed by atoms with Gasteiger partial charge in [0.15, 0.2) is 0 Å². The van der Waals surface area contributed by atoms with Crippen LogP contribution in [0.3, 0.4) is 0 Å². The molecule has 5 heteroatoms. The highest BCUT2D eigenvalue weighted by atomic mass is 35.5. The molecule has 0 atom stereocenters. The maximum atomic E-state index is 12.2. The van der Waals surface area contributed by atoms with Crippen LogP contribution >= 0.6 is 23.2 Å². The quantitative estimate of drug-likeness (QED) is 0.855. The summed E-state index contributed by atoms with van der Waals surface area (Å²) < 4.78 is 0. The Kier molecular flexibility index (Phi) is 3.92. The summed E-state index contributed by atoms with van der Waals surface area (Å²) in [5.41, 5.74) is 0.426. The summed E-state index contributed by atoms with van der Waals surface area (Å²) in [5, 5.41) is 10.1. The van der Waals surface area contributed by atoms with Gasteiger partial charge in [0.2, 0.25) is 0 Å². The molecule has 1 N–H and O–H groups in total. The molecule has 0 spiro atoms. The maximum absolute atomic E-state index is 12.2. The molecule has 0 aliphatic carbocycles. The number of hydrogen-bond donors (Lipinski definition) is 1. The Labute approximate surface area is 110 Å². The number of rotatable bonds is 1. The van der Waals surface area contributed by atoms with Crippen LogP contribution in [-0.4, -0.2) is 35.1 Å². The molecule has 1 aromatic carbocycles. The predicted octanol–water partition coefficient (Wildman–Crippen LogP) is 2.59. The van der Waals surface area contributed by atoms with E-state index in [2.05, 4.69) is 0 Å². The third kappa shape index (κ3) is 2.73. The number of halogens is 2. The van der Waals surface area contributed by atoms with Crippen LogP contribution in [0, 0.1) is 0 Å². The molecule has 1 saturated heterocycles. The van der Waals surface area contributed by atoms with E-state index in [4.69, 9.17) is 23.2 Å². The van der Waals surface area contributed by atoms with Crippen molar-refractivity contribution in [2.24, 2.45) is 0 Å². The predicted molar refractivity (Wildman–Crippen MR) is 67.6 cm³/mol. The lowest BCUT2D eigenvalue weighted by Crippen LogP contribution is -2.40. The number of aliphatic hydroxyl groups excluding tert-OH is 1. The maximum Gasteiger partial charge on any atom is 0.255 e. The summed E-state index contributed by atoms with van der Waals surface area (Å²) in [6.45, 7) is 1.12. The van der Waals surface area contributed by atoms with Gasteiger partial charge in [-0.25, -0.2) is 0 Å². The van der Waals surface area contributed by atoms with Crippen LogP contribution in [0.1, 0.15) is 23.2 Å². The van der Waals surface area contributed by atoms with Crippen LogP contribution in [0.2, 0.25) is 10.0 Å². The number of carbonyl (C=O) groups is 1. The SMILES string of the molecule is O=C(c1cccc(Cl)c1Cl)N1CCC(O)CC1. The summed E-state index contributed by atoms with van der Waals surface area (Å²) in [7, 11) is 0. The van der Waals surface area contributed by atoms with E-state index < -0.39 is 0 Å². The van der Waals surface area contributed by atoms with Crippen molar-refractivity contribution < 1.29 is 9.90 Å². The van der Waals surface area contributed by atoms with Crippen molar-refractivity contribution in [3.63, 3.8) is 0 Å². The molecule has 0 bridgehead atoms. The summed E-state index contributed by atoms with van der Waals surface area (Å²) >= 11 is 11.9. The molecule has 2 rings (SSSR count). The van der Waals surface area contributed by atoms with E-state index in [0.717, 1.165) is 0 Å². The lowest BCUT2D eigenvalue weighted by Gasteiger charge is -2.29. The van der Waals surface area contributed by atoms with Crippen LogP contribution in [0.15, 0.2) is 18.2 Å². The molecule has 0 saturated carbocycles. The summed E-state index contributed by atoms with van der Waals surface area (Å²) in [5.74, 6) is -0.121. The molecular weight excluding hydrogens is 261 g/mol. The normalized spacial score (nSPS) is 17.2. The van der Waals surface area contributed by atoms with Gasteiger partial charge in [-0.1, -0.05) is 29.3 Å². The molecule has 92 valence electrons. The molecule has 17 heavy (non-hydrogen) atoms. The first-order valence-corrected chi connectivity index (χ1v) is 6.26. The Morgan fingerprint density at radius 3 is 2.59 bits per heavy atom. The first kappa shape index (κ1) is 12.7. The Morgan fingerprint density at radius 2 is 1.94 bits per heavy atom. The highest BCUT2D eigenvalue weighted by molar-refractivity contribution is 6.43. The number of carbonyl (C=O) groups excluding carboxylic acids is 1. The lowest BCUT2D eigenvalue weighted by molar-refractivity contribution is 0.0546. The Bertz CT molecular complexity index is 429. The van der Waals surface area contributed by atoms with E-state index in [1.165, 1.54) is 0 Å². The van der Waals surface area contributed by atoms with Crippen LogP contribution in [-0.2, 0) is 0 Å². The average Bonchev–Trinajstić information content (AvgIpc) is 2.33. The second kappa shape index (κ2) is 5.25. The molecule has 1 heterocycles. The molecule has 1 fully saturated rings. The van der Waals surface area contributed by atoms with Gasteiger partial charge < -0.3 is 10.0 Å². The molecular formula is C12H13Cl2NO2. The van der Waals surface area contributed by atoms with Gasteiger partial charge in [-0.2, -0.15) is 0 Å². The third-order valence-electron chi connectivity index (χ3n) is 2.93. The monoisotopic (exact) mass is 273 g/mol. The minimum absolute atomic E-state index is 0.121. The van der Waals surface area contributed by atoms with Gasteiger partial charge in [-0.05, 0) is 25.0 Å². The molecule has 3 nitrogen and oxygen atoms in total. The van der Waals surface area contributed by atoms with E-state index in [9.17, 15) is 9.90 Å². The van der Waals surface area contributed by atoms with Gasteiger partial charge in [0, 0.05) is 13.1 Å². The summed E-state index contributed by atoms with van der Waals surface area (Å²) in [4.78, 5) is 13.9. The standard InChI is InChI=1S/C12H13Cl2NO2/c13-10-3-1-2-9(11(10)14)12(17)15-6-4-8(16)5-7-15/h1-3,8,16H,4-7H2. The molecule has 1 aliphatic heterocycles. The lowest BCUT2D eigenvalue weighted by atomic mass is 10.1. The zero-order valence-electron chi connectivity index (χ0n) is 9.20. The van der Waals surface area contributed by atoms with Crippen molar-refractivity contribution >= 4 is 29.1 Å². The van der Waals surface area contributed by atoms with Crippen molar-refractivity contribution in [2.45, 2.75) is 18.9 Å². The molecule has 0 unspecified atom stereocenters. The van der Waals surface area contributed by atoms with Gasteiger partial charge in [0.1, 0.15) is 0 Å². The first-order valence-electron chi connectivity index (χ1n) is 5.51. The number of piperidine rings is 1. The van der Waals surface area contributed by atoms with Crippen LogP contribution < -0.4 is 0 Å². The van der Waals surface area contributed by atoms with Gasteiger partial charge in [0.05, 0.1) is 21.7 Å². The Hall–Kier alpha value is -0.770. The highest BCUT2D eigenvalue weighted by Gasteiger charge is 2.24. The van der Waals surface area contributed by atoms with E-state index in [1.54, 1.807) is 23.1 Å². The van der Waals surface area contributed by atoms with E-state index in [-0.39, 0.29) is 12.0 Å². The minimum Gasteiger partial charge on any atom is -0.393 e. The number of benzene rings is 1. The Morgan fingerprint density at radius 1 is 1.29 bits per heavy atom. The second-order valence-corrected chi connectivity index (χ2v) is 4.91. The molecule has 0 radical (unpaired) electrons. The number of aliphatic hydroxyl groups is 1. The Balaban J connectivity index is 2.17. The largest absolute Gasteiger partial charge is 0.393 e. The fraction of sp³-hybridized carbons (Fsp3) is 0.417.